The van der Waals surface area contributed by atoms with Crippen molar-refractivity contribution in [2.75, 3.05) is 6.54 Å². The molecule has 3 nitrogen and oxygen atoms in total. The Balaban J connectivity index is 2.21. The van der Waals surface area contributed by atoms with E-state index < -0.39 is 0 Å². The first-order chi connectivity index (χ1) is 9.00. The van der Waals surface area contributed by atoms with E-state index in [-0.39, 0.29) is 11.9 Å². The number of carbonyl (C=O) groups is 1. The molecule has 1 aromatic rings. The summed E-state index contributed by atoms with van der Waals surface area (Å²) in [6, 6.07) is 5.31. The summed E-state index contributed by atoms with van der Waals surface area (Å²) in [6.07, 6.45) is 2.52. The second-order valence-electron chi connectivity index (χ2n) is 4.54. The van der Waals surface area contributed by atoms with Crippen molar-refractivity contribution in [2.24, 2.45) is 5.73 Å². The van der Waals surface area contributed by atoms with Gasteiger partial charge in [-0.3, -0.25) is 4.79 Å². The van der Waals surface area contributed by atoms with Crippen LogP contribution in [0.1, 0.15) is 29.6 Å². The van der Waals surface area contributed by atoms with Gasteiger partial charge in [0.15, 0.2) is 0 Å². The van der Waals surface area contributed by atoms with Gasteiger partial charge in [-0.15, -0.1) is 0 Å². The van der Waals surface area contributed by atoms with Gasteiger partial charge in [0.2, 0.25) is 0 Å². The van der Waals surface area contributed by atoms with E-state index in [0.29, 0.717) is 33.6 Å². The quantitative estimate of drug-likeness (QED) is 0.848. The minimum absolute atomic E-state index is 0.144. The lowest BCUT2D eigenvalue weighted by molar-refractivity contribution is 0.0748. The molecule has 1 saturated carbocycles. The minimum Gasteiger partial charge on any atom is -0.393 e. The van der Waals surface area contributed by atoms with E-state index >= 15 is 0 Å². The molecule has 0 radical (unpaired) electrons. The molecule has 0 unspecified atom stereocenters. The Kier molecular flexibility index (Phi) is 4.66. The zero-order chi connectivity index (χ0) is 14.0. The number of carbonyl (C=O) groups excluding carboxylic acids is 1. The Morgan fingerprint density at radius 1 is 1.37 bits per heavy atom. The largest absolute Gasteiger partial charge is 0.393 e. The summed E-state index contributed by atoms with van der Waals surface area (Å²) in [5.41, 5.74) is 5.86. The number of thiocarbonyl (C=S) groups is 1. The van der Waals surface area contributed by atoms with Crippen molar-refractivity contribution in [1.82, 2.24) is 4.90 Å². The van der Waals surface area contributed by atoms with Crippen LogP contribution >= 0.6 is 35.4 Å². The van der Waals surface area contributed by atoms with E-state index in [2.05, 4.69) is 0 Å². The van der Waals surface area contributed by atoms with Crippen LogP contribution in [0.25, 0.3) is 0 Å². The standard InChI is InChI=1S/C13H14Cl2N2OS/c14-9-2-1-3-10(15)12(9)13(18)17(8-4-5-8)7-6-11(16)19/h1-3,8H,4-7H2,(H2,16,19). The Bertz CT molecular complexity index is 497. The molecule has 1 amide bonds. The van der Waals surface area contributed by atoms with E-state index in [4.69, 9.17) is 41.2 Å². The van der Waals surface area contributed by atoms with Crippen LogP contribution in [-0.4, -0.2) is 28.4 Å². The smallest absolute Gasteiger partial charge is 0.257 e. The SMILES string of the molecule is NC(=S)CCN(C(=O)c1c(Cl)cccc1Cl)C1CC1. The van der Waals surface area contributed by atoms with Crippen molar-refractivity contribution >= 4 is 46.3 Å². The molecule has 1 aromatic carbocycles. The number of halogens is 2. The first-order valence-corrected chi connectivity index (χ1v) is 7.20. The number of amides is 1. The van der Waals surface area contributed by atoms with Gasteiger partial charge < -0.3 is 10.6 Å². The molecule has 2 N–H and O–H groups in total. The predicted octanol–water partition coefficient (Wildman–Crippen LogP) is 3.27. The maximum Gasteiger partial charge on any atom is 0.257 e. The van der Waals surface area contributed by atoms with Gasteiger partial charge in [-0.1, -0.05) is 41.5 Å². The molecular weight excluding hydrogens is 303 g/mol. The molecule has 1 aliphatic carbocycles. The van der Waals surface area contributed by atoms with Gasteiger partial charge in [0.05, 0.1) is 20.6 Å². The lowest BCUT2D eigenvalue weighted by Crippen LogP contribution is -2.36. The Morgan fingerprint density at radius 3 is 2.42 bits per heavy atom. The van der Waals surface area contributed by atoms with Gasteiger partial charge in [-0.05, 0) is 25.0 Å². The summed E-state index contributed by atoms with van der Waals surface area (Å²) in [5.74, 6) is -0.144. The molecule has 2 rings (SSSR count). The number of hydrogen-bond donors (Lipinski definition) is 1. The molecule has 0 spiro atoms. The van der Waals surface area contributed by atoms with Crippen molar-refractivity contribution in [2.45, 2.75) is 25.3 Å². The fourth-order valence-electron chi connectivity index (χ4n) is 1.91. The molecule has 0 aliphatic heterocycles. The van der Waals surface area contributed by atoms with Crippen LogP contribution in [0, 0.1) is 0 Å². The molecule has 6 heteroatoms. The van der Waals surface area contributed by atoms with E-state index in [0.717, 1.165) is 12.8 Å². The van der Waals surface area contributed by atoms with Gasteiger partial charge in [0, 0.05) is 19.0 Å². The summed E-state index contributed by atoms with van der Waals surface area (Å²) in [4.78, 5) is 14.7. The first kappa shape index (κ1) is 14.6. The summed E-state index contributed by atoms with van der Waals surface area (Å²) in [6.45, 7) is 0.514. The van der Waals surface area contributed by atoms with Crippen molar-refractivity contribution in [1.29, 1.82) is 0 Å². The maximum atomic E-state index is 12.6. The molecule has 1 aliphatic rings. The zero-order valence-corrected chi connectivity index (χ0v) is 12.6. The fraction of sp³-hybridized carbons (Fsp3) is 0.385. The van der Waals surface area contributed by atoms with Gasteiger partial charge in [0.25, 0.3) is 5.91 Å². The lowest BCUT2D eigenvalue weighted by Gasteiger charge is -2.23. The highest BCUT2D eigenvalue weighted by Gasteiger charge is 2.34. The van der Waals surface area contributed by atoms with Crippen LogP contribution in [-0.2, 0) is 0 Å². The summed E-state index contributed by atoms with van der Waals surface area (Å²) in [5, 5.41) is 0.747. The van der Waals surface area contributed by atoms with Crippen LogP contribution in [0.5, 0.6) is 0 Å². The number of nitrogens with two attached hydrogens (primary N) is 1. The lowest BCUT2D eigenvalue weighted by atomic mass is 10.2. The van der Waals surface area contributed by atoms with E-state index in [1.54, 1.807) is 23.1 Å². The Hall–Kier alpha value is -0.840. The molecule has 0 atom stereocenters. The maximum absolute atomic E-state index is 12.6. The van der Waals surface area contributed by atoms with Gasteiger partial charge in [-0.2, -0.15) is 0 Å². The molecule has 0 saturated heterocycles. The topological polar surface area (TPSA) is 46.3 Å². The monoisotopic (exact) mass is 316 g/mol. The minimum atomic E-state index is -0.144. The average molecular weight is 317 g/mol. The second kappa shape index (κ2) is 6.07. The second-order valence-corrected chi connectivity index (χ2v) is 5.88. The Labute approximate surface area is 127 Å². The summed E-state index contributed by atoms with van der Waals surface area (Å²) < 4.78 is 0. The highest BCUT2D eigenvalue weighted by Crippen LogP contribution is 2.32. The summed E-state index contributed by atoms with van der Waals surface area (Å²) in [7, 11) is 0. The van der Waals surface area contributed by atoms with Crippen LogP contribution in [0.4, 0.5) is 0 Å². The number of rotatable bonds is 5. The number of benzene rings is 1. The molecule has 102 valence electrons. The van der Waals surface area contributed by atoms with Crippen LogP contribution in [0.2, 0.25) is 10.0 Å². The third-order valence-electron chi connectivity index (χ3n) is 3.02. The zero-order valence-electron chi connectivity index (χ0n) is 10.2. The molecule has 1 fully saturated rings. The Morgan fingerprint density at radius 2 is 1.95 bits per heavy atom. The third-order valence-corrected chi connectivity index (χ3v) is 3.86. The van der Waals surface area contributed by atoms with Crippen molar-refractivity contribution < 1.29 is 4.79 Å². The van der Waals surface area contributed by atoms with E-state index in [9.17, 15) is 4.79 Å². The number of nitrogens with zero attached hydrogens (tertiary/aromatic N) is 1. The highest BCUT2D eigenvalue weighted by molar-refractivity contribution is 7.80. The van der Waals surface area contributed by atoms with Gasteiger partial charge in [-0.25, -0.2) is 0 Å². The normalized spacial score (nSPS) is 14.2. The van der Waals surface area contributed by atoms with Gasteiger partial charge >= 0.3 is 0 Å². The first-order valence-electron chi connectivity index (χ1n) is 6.04. The summed E-state index contributed by atoms with van der Waals surface area (Å²) >= 11 is 17.0. The molecule has 0 aromatic heterocycles. The molecular formula is C13H14Cl2N2OS. The molecule has 0 heterocycles. The third kappa shape index (κ3) is 3.59. The van der Waals surface area contributed by atoms with Gasteiger partial charge in [0.1, 0.15) is 0 Å². The molecule has 0 bridgehead atoms. The van der Waals surface area contributed by atoms with E-state index in [1.807, 2.05) is 0 Å². The van der Waals surface area contributed by atoms with Crippen molar-refractivity contribution in [3.8, 4) is 0 Å². The average Bonchev–Trinajstić information content (AvgIpc) is 3.13. The molecule has 19 heavy (non-hydrogen) atoms. The van der Waals surface area contributed by atoms with Crippen LogP contribution in [0.3, 0.4) is 0 Å². The van der Waals surface area contributed by atoms with Crippen molar-refractivity contribution in [3.05, 3.63) is 33.8 Å². The van der Waals surface area contributed by atoms with E-state index in [1.165, 1.54) is 0 Å². The van der Waals surface area contributed by atoms with Crippen LogP contribution in [0.15, 0.2) is 18.2 Å². The fourth-order valence-corrected chi connectivity index (χ4v) is 2.56. The van der Waals surface area contributed by atoms with Crippen LogP contribution < -0.4 is 5.73 Å². The van der Waals surface area contributed by atoms with Crippen molar-refractivity contribution in [3.63, 3.8) is 0 Å². The highest BCUT2D eigenvalue weighted by atomic mass is 35.5. The number of hydrogen-bond acceptors (Lipinski definition) is 2. The predicted molar refractivity (Wildman–Crippen MR) is 81.9 cm³/mol.